The molecule has 4 rings (SSSR count). The van der Waals surface area contributed by atoms with Crippen molar-refractivity contribution >= 4 is 23.9 Å². The second kappa shape index (κ2) is 6.74. The van der Waals surface area contributed by atoms with Crippen LogP contribution in [0, 0.1) is 59.2 Å². The Morgan fingerprint density at radius 3 is 0.893 bits per heavy atom. The molecule has 4 aliphatic rings. The maximum absolute atomic E-state index is 12.5. The Kier molecular flexibility index (Phi) is 4.62. The molecule has 0 unspecified atom stereocenters. The first-order valence-corrected chi connectivity index (χ1v) is 9.72. The Hall–Kier alpha value is -2.12. The molecule has 4 bridgehead atoms. The second-order valence-corrected chi connectivity index (χ2v) is 8.48. The molecule has 28 heavy (non-hydrogen) atoms. The van der Waals surface area contributed by atoms with E-state index >= 15 is 0 Å². The van der Waals surface area contributed by atoms with Gasteiger partial charge in [-0.3, -0.25) is 19.2 Å². The topological polar surface area (TPSA) is 105 Å². The molecule has 0 saturated heterocycles. The number of hydrogen-bond donors (Lipinski definition) is 0. The van der Waals surface area contributed by atoms with Gasteiger partial charge in [0.15, 0.2) is 0 Å². The van der Waals surface area contributed by atoms with Gasteiger partial charge in [-0.1, -0.05) is 0 Å². The summed E-state index contributed by atoms with van der Waals surface area (Å²) < 4.78 is 20.0. The fourth-order valence-electron chi connectivity index (χ4n) is 7.47. The highest BCUT2D eigenvalue weighted by atomic mass is 16.5. The summed E-state index contributed by atoms with van der Waals surface area (Å²) in [6.07, 6.45) is 1.42. The number of carbonyl (C=O) groups excluding carboxylic acids is 4. The molecule has 0 spiro atoms. The van der Waals surface area contributed by atoms with Crippen LogP contribution in [0.1, 0.15) is 12.8 Å². The number of methoxy groups -OCH3 is 4. The third-order valence-corrected chi connectivity index (χ3v) is 8.02. The first-order valence-electron chi connectivity index (χ1n) is 9.72. The highest BCUT2D eigenvalue weighted by molar-refractivity contribution is 5.86. The molecule has 0 radical (unpaired) electrons. The third kappa shape index (κ3) is 2.29. The predicted octanol–water partition coefficient (Wildman–Crippen LogP) is 0.675. The minimum absolute atomic E-state index is 0.0488. The number of esters is 4. The molecule has 0 aromatic rings. The minimum Gasteiger partial charge on any atom is -0.469 e. The number of carbonyl (C=O) groups is 4. The van der Waals surface area contributed by atoms with Crippen LogP contribution in [0.3, 0.4) is 0 Å². The summed E-state index contributed by atoms with van der Waals surface area (Å²) in [5.41, 5.74) is 0. The molecule has 8 atom stereocenters. The lowest BCUT2D eigenvalue weighted by Gasteiger charge is -2.44. The Bertz CT molecular complexity index is 601. The van der Waals surface area contributed by atoms with Crippen LogP contribution in [0.5, 0.6) is 0 Å². The molecule has 0 amide bonds. The van der Waals surface area contributed by atoms with Gasteiger partial charge in [0.2, 0.25) is 0 Å². The van der Waals surface area contributed by atoms with Gasteiger partial charge in [-0.2, -0.15) is 0 Å². The summed E-state index contributed by atoms with van der Waals surface area (Å²) in [4.78, 5) is 50.1. The average Bonchev–Trinajstić information content (AvgIpc) is 3.46. The molecule has 0 N–H and O–H groups in total. The first kappa shape index (κ1) is 19.2. The van der Waals surface area contributed by atoms with Gasteiger partial charge < -0.3 is 18.9 Å². The van der Waals surface area contributed by atoms with Gasteiger partial charge in [0.05, 0.1) is 52.1 Å². The van der Waals surface area contributed by atoms with Gasteiger partial charge in [0.25, 0.3) is 0 Å². The van der Waals surface area contributed by atoms with E-state index in [1.54, 1.807) is 0 Å². The third-order valence-electron chi connectivity index (χ3n) is 8.02. The summed E-state index contributed by atoms with van der Waals surface area (Å²) >= 11 is 0. The monoisotopic (exact) mass is 394 g/mol. The van der Waals surface area contributed by atoms with Crippen molar-refractivity contribution in [3.8, 4) is 0 Å². The highest BCUT2D eigenvalue weighted by Crippen LogP contribution is 2.73. The van der Waals surface area contributed by atoms with E-state index in [1.807, 2.05) is 0 Å². The van der Waals surface area contributed by atoms with Gasteiger partial charge in [0.1, 0.15) is 0 Å². The molecule has 154 valence electrons. The SMILES string of the molecule is COC(=O)[C@@H]1[C@H](C(=O)OC)[C@@H]2C[C@H]1C1C2[C@H]2C[C@@H]1[C@H](C(=O)OC)[C@@H]2C(=O)OC. The van der Waals surface area contributed by atoms with Gasteiger partial charge in [-0.05, 0) is 48.3 Å². The van der Waals surface area contributed by atoms with Crippen molar-refractivity contribution in [2.45, 2.75) is 12.8 Å². The zero-order valence-electron chi connectivity index (χ0n) is 16.5. The Balaban J connectivity index is 1.73. The fraction of sp³-hybridized carbons (Fsp3) is 0.800. The quantitative estimate of drug-likeness (QED) is 0.389. The molecule has 8 heteroatoms. The van der Waals surface area contributed by atoms with Crippen LogP contribution in [0.25, 0.3) is 0 Å². The fourth-order valence-corrected chi connectivity index (χ4v) is 7.47. The van der Waals surface area contributed by atoms with E-state index in [4.69, 9.17) is 18.9 Å². The van der Waals surface area contributed by atoms with Crippen LogP contribution < -0.4 is 0 Å². The Morgan fingerprint density at radius 1 is 0.500 bits per heavy atom. The minimum atomic E-state index is -0.557. The van der Waals surface area contributed by atoms with Crippen molar-refractivity contribution in [2.24, 2.45) is 59.2 Å². The lowest BCUT2D eigenvalue weighted by Crippen LogP contribution is -2.51. The standard InChI is InChI=1S/C20H26O8/c1-25-17(21)13-7-5-8(14(13)18(22)26-2)12-10-6-9(11(7)12)15(19(23)27-3)16(10)20(24)28-4/h7-16H,5-6H2,1-4H3/t7-,8+,9-,10+,11?,12?,13-,14+,15-,16+. The Morgan fingerprint density at radius 2 is 0.714 bits per heavy atom. The van der Waals surface area contributed by atoms with Crippen LogP contribution in [-0.2, 0) is 38.1 Å². The van der Waals surface area contributed by atoms with E-state index in [1.165, 1.54) is 28.4 Å². The van der Waals surface area contributed by atoms with E-state index in [9.17, 15) is 19.2 Å². The van der Waals surface area contributed by atoms with Gasteiger partial charge in [0, 0.05) is 0 Å². The van der Waals surface area contributed by atoms with Crippen molar-refractivity contribution in [3.05, 3.63) is 0 Å². The molecule has 0 aliphatic heterocycles. The molecule has 4 fully saturated rings. The van der Waals surface area contributed by atoms with Crippen LogP contribution in [0.4, 0.5) is 0 Å². The summed E-state index contributed by atoms with van der Waals surface area (Å²) in [6, 6.07) is 0. The van der Waals surface area contributed by atoms with E-state index in [2.05, 4.69) is 0 Å². The van der Waals surface area contributed by atoms with Gasteiger partial charge in [-0.25, -0.2) is 0 Å². The van der Waals surface area contributed by atoms with Crippen molar-refractivity contribution < 1.29 is 38.1 Å². The first-order chi connectivity index (χ1) is 13.4. The summed E-state index contributed by atoms with van der Waals surface area (Å²) in [5.74, 6) is -3.82. The summed E-state index contributed by atoms with van der Waals surface area (Å²) in [6.45, 7) is 0. The smallest absolute Gasteiger partial charge is 0.309 e. The van der Waals surface area contributed by atoms with Crippen LogP contribution in [0.15, 0.2) is 0 Å². The van der Waals surface area contributed by atoms with Crippen molar-refractivity contribution in [1.82, 2.24) is 0 Å². The van der Waals surface area contributed by atoms with Crippen LogP contribution in [0.2, 0.25) is 0 Å². The summed E-state index contributed by atoms with van der Waals surface area (Å²) in [7, 11) is 5.30. The molecule has 0 heterocycles. The highest BCUT2D eigenvalue weighted by Gasteiger charge is 2.74. The Labute approximate surface area is 163 Å². The van der Waals surface area contributed by atoms with Crippen LogP contribution in [-0.4, -0.2) is 52.3 Å². The van der Waals surface area contributed by atoms with Crippen molar-refractivity contribution in [2.75, 3.05) is 28.4 Å². The number of ether oxygens (including phenoxy) is 4. The van der Waals surface area contributed by atoms with E-state index in [0.29, 0.717) is 12.8 Å². The normalized spacial score (nSPS) is 44.7. The van der Waals surface area contributed by atoms with Crippen molar-refractivity contribution in [1.29, 1.82) is 0 Å². The number of hydrogen-bond acceptors (Lipinski definition) is 8. The number of fused-ring (bicyclic) bond motifs is 9. The van der Waals surface area contributed by atoms with Gasteiger partial charge in [-0.15, -0.1) is 0 Å². The molecular weight excluding hydrogens is 368 g/mol. The summed E-state index contributed by atoms with van der Waals surface area (Å²) in [5, 5.41) is 0. The van der Waals surface area contributed by atoms with E-state index in [0.717, 1.165) is 0 Å². The van der Waals surface area contributed by atoms with E-state index in [-0.39, 0.29) is 35.5 Å². The lowest BCUT2D eigenvalue weighted by atomic mass is 9.58. The molecule has 4 aliphatic carbocycles. The average molecular weight is 394 g/mol. The molecule has 0 aromatic heterocycles. The zero-order valence-corrected chi connectivity index (χ0v) is 16.5. The number of rotatable bonds is 4. The van der Waals surface area contributed by atoms with Gasteiger partial charge >= 0.3 is 23.9 Å². The molecule has 8 nitrogen and oxygen atoms in total. The largest absolute Gasteiger partial charge is 0.469 e. The molecular formula is C20H26O8. The van der Waals surface area contributed by atoms with E-state index < -0.39 is 47.5 Å². The van der Waals surface area contributed by atoms with Crippen molar-refractivity contribution in [3.63, 3.8) is 0 Å². The zero-order chi connectivity index (χ0) is 20.3. The van der Waals surface area contributed by atoms with Crippen LogP contribution >= 0.6 is 0 Å². The predicted molar refractivity (Wildman–Crippen MR) is 92.2 cm³/mol. The molecule has 4 saturated carbocycles. The second-order valence-electron chi connectivity index (χ2n) is 8.48. The maximum Gasteiger partial charge on any atom is 0.309 e. The lowest BCUT2D eigenvalue weighted by molar-refractivity contribution is -0.171. The molecule has 0 aromatic carbocycles. The maximum atomic E-state index is 12.5.